The lowest BCUT2D eigenvalue weighted by Gasteiger charge is -1.99. The van der Waals surface area contributed by atoms with E-state index in [1.165, 1.54) is 18.3 Å². The highest BCUT2D eigenvalue weighted by atomic mass is 19.1. The third-order valence-corrected chi connectivity index (χ3v) is 2.42. The number of aromatic nitrogens is 1. The van der Waals surface area contributed by atoms with E-state index < -0.39 is 17.6 Å². The number of carbonyl (C=O) groups is 1. The smallest absolute Gasteiger partial charge is 0.354 e. The molecule has 1 N–H and O–H groups in total. The largest absolute Gasteiger partial charge is 0.461 e. The zero-order chi connectivity index (χ0) is 13.1. The van der Waals surface area contributed by atoms with Crippen LogP contribution in [0.1, 0.15) is 17.4 Å². The van der Waals surface area contributed by atoms with Crippen LogP contribution in [0, 0.1) is 11.6 Å². The summed E-state index contributed by atoms with van der Waals surface area (Å²) in [5, 5.41) is 0. The third-order valence-electron chi connectivity index (χ3n) is 2.42. The molecule has 0 aliphatic heterocycles. The Balaban J connectivity index is 2.32. The monoisotopic (exact) mass is 251 g/mol. The lowest BCUT2D eigenvalue weighted by atomic mass is 10.1. The van der Waals surface area contributed by atoms with Crippen LogP contribution >= 0.6 is 0 Å². The summed E-state index contributed by atoms with van der Waals surface area (Å²) in [6.45, 7) is 1.96. The minimum Gasteiger partial charge on any atom is -0.461 e. The molecule has 18 heavy (non-hydrogen) atoms. The molecular weight excluding hydrogens is 240 g/mol. The molecule has 1 aromatic heterocycles. The van der Waals surface area contributed by atoms with Crippen LogP contribution < -0.4 is 0 Å². The molecule has 2 rings (SSSR count). The lowest BCUT2D eigenvalue weighted by Crippen LogP contribution is -2.04. The van der Waals surface area contributed by atoms with Gasteiger partial charge in [-0.3, -0.25) is 0 Å². The number of ether oxygens (including phenoxy) is 1. The van der Waals surface area contributed by atoms with Crippen LogP contribution in [0.4, 0.5) is 8.78 Å². The van der Waals surface area contributed by atoms with Crippen molar-refractivity contribution in [2.45, 2.75) is 6.92 Å². The Bertz CT molecular complexity index is 578. The van der Waals surface area contributed by atoms with E-state index in [0.717, 1.165) is 12.1 Å². The van der Waals surface area contributed by atoms with Crippen molar-refractivity contribution in [1.29, 1.82) is 0 Å². The minimum atomic E-state index is -0.676. The zero-order valence-corrected chi connectivity index (χ0v) is 9.67. The Morgan fingerprint density at radius 1 is 1.33 bits per heavy atom. The Labute approximate surface area is 102 Å². The molecule has 3 nitrogen and oxygen atoms in total. The summed E-state index contributed by atoms with van der Waals surface area (Å²) in [5.74, 6) is -1.83. The van der Waals surface area contributed by atoms with E-state index in [4.69, 9.17) is 4.74 Å². The van der Waals surface area contributed by atoms with Crippen molar-refractivity contribution in [2.75, 3.05) is 6.61 Å². The summed E-state index contributed by atoms with van der Waals surface area (Å²) in [6, 6.07) is 4.75. The van der Waals surface area contributed by atoms with E-state index >= 15 is 0 Å². The summed E-state index contributed by atoms with van der Waals surface area (Å²) in [6.07, 6.45) is 1.47. The minimum absolute atomic E-state index is 0.225. The van der Waals surface area contributed by atoms with Crippen LogP contribution in [0.15, 0.2) is 30.5 Å². The zero-order valence-electron chi connectivity index (χ0n) is 9.67. The molecule has 1 aromatic carbocycles. The second kappa shape index (κ2) is 5.00. The third kappa shape index (κ3) is 2.40. The number of halogens is 2. The first-order valence-corrected chi connectivity index (χ1v) is 5.42. The normalized spacial score (nSPS) is 10.4. The summed E-state index contributed by atoms with van der Waals surface area (Å²) in [5.41, 5.74) is 0.925. The quantitative estimate of drug-likeness (QED) is 0.851. The predicted molar refractivity (Wildman–Crippen MR) is 62.1 cm³/mol. The highest BCUT2D eigenvalue weighted by molar-refractivity contribution is 5.89. The van der Waals surface area contributed by atoms with Crippen LogP contribution in [0.2, 0.25) is 0 Å². The Morgan fingerprint density at radius 2 is 2.11 bits per heavy atom. The molecule has 5 heteroatoms. The number of carbonyl (C=O) groups excluding carboxylic acids is 1. The van der Waals surface area contributed by atoms with E-state index in [-0.39, 0.29) is 17.9 Å². The molecule has 0 unspecified atom stereocenters. The average Bonchev–Trinajstić information content (AvgIpc) is 2.78. The number of aromatic amines is 1. The molecule has 94 valence electrons. The van der Waals surface area contributed by atoms with Crippen molar-refractivity contribution >= 4 is 5.97 Å². The standard InChI is InChI=1S/C13H11F2NO2/c1-2-18-13(17)12-5-8(7-16-12)10-4-3-9(14)6-11(10)15/h3-7,16H,2H2,1H3. The fourth-order valence-electron chi connectivity index (χ4n) is 1.60. The number of H-pyrrole nitrogens is 1. The van der Waals surface area contributed by atoms with Crippen LogP contribution in [-0.4, -0.2) is 17.6 Å². The van der Waals surface area contributed by atoms with Gasteiger partial charge in [0.15, 0.2) is 0 Å². The number of nitrogens with one attached hydrogen (secondary N) is 1. The molecule has 0 bridgehead atoms. The van der Waals surface area contributed by atoms with Gasteiger partial charge in [-0.25, -0.2) is 13.6 Å². The van der Waals surface area contributed by atoms with Gasteiger partial charge >= 0.3 is 5.97 Å². The maximum atomic E-state index is 13.5. The number of esters is 1. The first-order chi connectivity index (χ1) is 8.61. The Kier molecular flexibility index (Phi) is 3.41. The van der Waals surface area contributed by atoms with Gasteiger partial charge in [0.2, 0.25) is 0 Å². The van der Waals surface area contributed by atoms with Crippen molar-refractivity contribution in [1.82, 2.24) is 4.98 Å². The highest BCUT2D eigenvalue weighted by Gasteiger charge is 2.12. The van der Waals surface area contributed by atoms with Crippen molar-refractivity contribution < 1.29 is 18.3 Å². The molecule has 0 spiro atoms. The number of hydrogen-bond acceptors (Lipinski definition) is 2. The molecule has 0 fully saturated rings. The van der Waals surface area contributed by atoms with E-state index in [9.17, 15) is 13.6 Å². The van der Waals surface area contributed by atoms with Crippen LogP contribution in [0.3, 0.4) is 0 Å². The average molecular weight is 251 g/mol. The van der Waals surface area contributed by atoms with Crippen molar-refractivity contribution in [3.8, 4) is 11.1 Å². The first-order valence-electron chi connectivity index (χ1n) is 5.42. The van der Waals surface area contributed by atoms with Crippen molar-refractivity contribution in [3.63, 3.8) is 0 Å². The maximum Gasteiger partial charge on any atom is 0.354 e. The fourth-order valence-corrected chi connectivity index (χ4v) is 1.60. The number of rotatable bonds is 3. The predicted octanol–water partition coefficient (Wildman–Crippen LogP) is 3.14. The molecule has 0 aliphatic rings. The highest BCUT2D eigenvalue weighted by Crippen LogP contribution is 2.24. The molecular formula is C13H11F2NO2. The summed E-state index contributed by atoms with van der Waals surface area (Å²) < 4.78 is 31.1. The first kappa shape index (κ1) is 12.3. The molecule has 0 amide bonds. The summed E-state index contributed by atoms with van der Waals surface area (Å²) >= 11 is 0. The van der Waals surface area contributed by atoms with Crippen molar-refractivity contribution in [3.05, 3.63) is 47.8 Å². The second-order valence-electron chi connectivity index (χ2n) is 3.65. The van der Waals surface area contributed by atoms with Gasteiger partial charge in [0.1, 0.15) is 17.3 Å². The van der Waals surface area contributed by atoms with E-state index in [1.54, 1.807) is 6.92 Å². The van der Waals surface area contributed by atoms with Gasteiger partial charge < -0.3 is 9.72 Å². The SMILES string of the molecule is CCOC(=O)c1cc(-c2ccc(F)cc2F)c[nH]1. The molecule has 2 aromatic rings. The van der Waals surface area contributed by atoms with Gasteiger partial charge in [-0.2, -0.15) is 0 Å². The van der Waals surface area contributed by atoms with Gasteiger partial charge in [0.05, 0.1) is 6.61 Å². The summed E-state index contributed by atoms with van der Waals surface area (Å²) in [4.78, 5) is 14.1. The van der Waals surface area contributed by atoms with Gasteiger partial charge in [0, 0.05) is 23.4 Å². The van der Waals surface area contributed by atoms with Crippen LogP contribution in [0.5, 0.6) is 0 Å². The lowest BCUT2D eigenvalue weighted by molar-refractivity contribution is 0.0520. The Hall–Kier alpha value is -2.17. The second-order valence-corrected chi connectivity index (χ2v) is 3.65. The summed E-state index contributed by atoms with van der Waals surface area (Å²) in [7, 11) is 0. The molecule has 1 heterocycles. The van der Waals surface area contributed by atoms with Crippen LogP contribution in [0.25, 0.3) is 11.1 Å². The fraction of sp³-hybridized carbons (Fsp3) is 0.154. The van der Waals surface area contributed by atoms with Gasteiger partial charge in [-0.05, 0) is 25.1 Å². The van der Waals surface area contributed by atoms with E-state index in [2.05, 4.69) is 4.98 Å². The molecule has 0 aliphatic carbocycles. The number of benzene rings is 1. The van der Waals surface area contributed by atoms with Crippen molar-refractivity contribution in [2.24, 2.45) is 0 Å². The number of hydrogen-bond donors (Lipinski definition) is 1. The molecule has 0 atom stereocenters. The Morgan fingerprint density at radius 3 is 2.78 bits per heavy atom. The van der Waals surface area contributed by atoms with Gasteiger partial charge in [-0.1, -0.05) is 0 Å². The van der Waals surface area contributed by atoms with Crippen LogP contribution in [-0.2, 0) is 4.74 Å². The molecule has 0 saturated carbocycles. The van der Waals surface area contributed by atoms with Gasteiger partial charge in [-0.15, -0.1) is 0 Å². The molecule has 0 radical (unpaired) electrons. The molecule has 0 saturated heterocycles. The van der Waals surface area contributed by atoms with Gasteiger partial charge in [0.25, 0.3) is 0 Å². The van der Waals surface area contributed by atoms with E-state index in [0.29, 0.717) is 5.56 Å². The van der Waals surface area contributed by atoms with E-state index in [1.807, 2.05) is 0 Å². The topological polar surface area (TPSA) is 42.1 Å². The maximum absolute atomic E-state index is 13.5.